The first-order valence-electron chi connectivity index (χ1n) is 36.2. The number of nitrogens with zero attached hydrogens (tertiary/aromatic N) is 6. The molecule has 3 amide bonds. The highest BCUT2D eigenvalue weighted by Crippen LogP contribution is 2.20. The lowest BCUT2D eigenvalue weighted by atomic mass is 9.83. The molecule has 7 N–H and O–H groups in total. The van der Waals surface area contributed by atoms with Crippen LogP contribution in [0.3, 0.4) is 0 Å². The molecule has 496 valence electrons. The fourth-order valence-corrected chi connectivity index (χ4v) is 11.9. The molecule has 0 spiro atoms. The second-order valence-corrected chi connectivity index (χ2v) is 26.2. The molecule has 0 aliphatic rings. The maximum atomic E-state index is 12.9. The minimum atomic E-state index is -0.617. The maximum absolute atomic E-state index is 12.9. The van der Waals surface area contributed by atoms with Gasteiger partial charge in [-0.2, -0.15) is 0 Å². The maximum Gasteiger partial charge on any atom is 0.376 e. The highest BCUT2D eigenvalue weighted by molar-refractivity contribution is 6.57. The van der Waals surface area contributed by atoms with Crippen LogP contribution in [0.1, 0.15) is 276 Å². The topological polar surface area (TPSA) is 190 Å². The summed E-state index contributed by atoms with van der Waals surface area (Å²) < 4.78 is 0. The lowest BCUT2D eigenvalue weighted by molar-refractivity contribution is -0.121. The molecular formula is C65H136B6N8O7. The SMILES string of the molecule is [B]C(=O)N(CCCCN(CCCN(C)B(C)O)B(C)O)CC(CCCCCCNC(=O)CCCCCCCCCCCCCCCCCCCCCCCCCCCCCCCCCN)CN(CCCCN(CCCN(C)B(C)O)B(C)O)C([B])=O. The summed E-state index contributed by atoms with van der Waals surface area (Å²) in [6.45, 7) is 14.3. The van der Waals surface area contributed by atoms with Crippen molar-refractivity contribution in [3.8, 4) is 0 Å². The summed E-state index contributed by atoms with van der Waals surface area (Å²) in [6.07, 6.45) is 52.0. The van der Waals surface area contributed by atoms with Crippen LogP contribution in [0.2, 0.25) is 27.3 Å². The van der Waals surface area contributed by atoms with E-state index in [4.69, 9.17) is 21.4 Å². The molecule has 4 radical (unpaired) electrons. The van der Waals surface area contributed by atoms with Crippen molar-refractivity contribution < 1.29 is 34.5 Å². The number of hydrogen-bond donors (Lipinski definition) is 6. The molecule has 0 aliphatic carbocycles. The van der Waals surface area contributed by atoms with E-state index in [0.29, 0.717) is 91.3 Å². The summed E-state index contributed by atoms with van der Waals surface area (Å²) in [7, 11) is 13.4. The number of hydrogen-bond acceptors (Lipinski definition) is 12. The van der Waals surface area contributed by atoms with Crippen molar-refractivity contribution in [2.24, 2.45) is 11.7 Å². The Labute approximate surface area is 535 Å². The van der Waals surface area contributed by atoms with Gasteiger partial charge >= 0.3 is 28.2 Å². The van der Waals surface area contributed by atoms with Gasteiger partial charge in [0.05, 0.1) is 0 Å². The van der Waals surface area contributed by atoms with Gasteiger partial charge in [0.1, 0.15) is 0 Å². The molecule has 15 nitrogen and oxygen atoms in total. The Morgan fingerprint density at radius 2 is 0.651 bits per heavy atom. The highest BCUT2D eigenvalue weighted by atomic mass is 16.2. The average molecular weight is 1210 g/mol. The first-order chi connectivity index (χ1) is 41.5. The van der Waals surface area contributed by atoms with Crippen LogP contribution in [-0.2, 0) is 4.79 Å². The molecule has 0 saturated carbocycles. The molecule has 0 rings (SSSR count). The van der Waals surface area contributed by atoms with Crippen molar-refractivity contribution >= 4 is 61.4 Å². The summed E-state index contributed by atoms with van der Waals surface area (Å²) in [6, 6.07) is 0. The zero-order valence-electron chi connectivity index (χ0n) is 57.2. The van der Waals surface area contributed by atoms with Crippen molar-refractivity contribution in [2.75, 3.05) is 92.6 Å². The third-order valence-electron chi connectivity index (χ3n) is 18.0. The van der Waals surface area contributed by atoms with E-state index >= 15 is 0 Å². The molecule has 21 heteroatoms. The van der Waals surface area contributed by atoms with Crippen LogP contribution >= 0.6 is 0 Å². The Kier molecular flexibility index (Phi) is 59.9. The van der Waals surface area contributed by atoms with Gasteiger partial charge in [-0.05, 0) is 157 Å². The monoisotopic (exact) mass is 1210 g/mol. The van der Waals surface area contributed by atoms with Crippen LogP contribution in [0.4, 0.5) is 9.59 Å². The van der Waals surface area contributed by atoms with Crippen LogP contribution in [0.25, 0.3) is 0 Å². The second-order valence-electron chi connectivity index (χ2n) is 26.2. The Morgan fingerprint density at radius 1 is 0.372 bits per heavy atom. The summed E-state index contributed by atoms with van der Waals surface area (Å²) in [4.78, 5) is 49.5. The lowest BCUT2D eigenvalue weighted by Crippen LogP contribution is -2.43. The van der Waals surface area contributed by atoms with Gasteiger partial charge in [0.25, 0.3) is 0 Å². The quantitative estimate of drug-likeness (QED) is 0.0250. The van der Waals surface area contributed by atoms with Crippen molar-refractivity contribution in [2.45, 2.75) is 303 Å². The molecule has 0 heterocycles. The average Bonchev–Trinajstić information content (AvgIpc) is 3.54. The van der Waals surface area contributed by atoms with Gasteiger partial charge in [-0.3, -0.25) is 14.4 Å². The van der Waals surface area contributed by atoms with E-state index in [1.54, 1.807) is 37.1 Å². The fraction of sp³-hybridized carbons (Fsp3) is 0.954. The zero-order chi connectivity index (χ0) is 63.7. The van der Waals surface area contributed by atoms with Crippen molar-refractivity contribution in [3.05, 3.63) is 0 Å². The number of rotatable bonds is 66. The molecule has 0 fully saturated rings. The Balaban J connectivity index is 4.47. The van der Waals surface area contributed by atoms with Crippen molar-refractivity contribution in [3.63, 3.8) is 0 Å². The Morgan fingerprint density at radius 3 is 0.953 bits per heavy atom. The largest absolute Gasteiger partial charge is 0.437 e. The van der Waals surface area contributed by atoms with Gasteiger partial charge in [-0.15, -0.1) is 0 Å². The van der Waals surface area contributed by atoms with E-state index in [0.717, 1.165) is 77.2 Å². The summed E-state index contributed by atoms with van der Waals surface area (Å²) >= 11 is 0. The summed E-state index contributed by atoms with van der Waals surface area (Å²) in [5.74, 6) is -0.904. The first-order valence-corrected chi connectivity index (χ1v) is 36.2. The predicted octanol–water partition coefficient (Wildman–Crippen LogP) is 12.5. The first kappa shape index (κ1) is 84.4. The van der Waals surface area contributed by atoms with Crippen LogP contribution in [0.5, 0.6) is 0 Å². The molecule has 0 saturated heterocycles. The molecule has 0 bridgehead atoms. The third kappa shape index (κ3) is 54.2. The third-order valence-corrected chi connectivity index (χ3v) is 18.0. The molecule has 0 aromatic carbocycles. The molecular weight excluding hydrogens is 1070 g/mol. The van der Waals surface area contributed by atoms with E-state index in [1.165, 1.54) is 186 Å². The minimum absolute atomic E-state index is 0.0453. The van der Waals surface area contributed by atoms with E-state index in [9.17, 15) is 34.5 Å². The number of amides is 3. The molecule has 0 aliphatic heterocycles. The number of nitrogens with two attached hydrogens (primary N) is 1. The molecule has 0 aromatic rings. The number of carbonyl (C=O) groups is 3. The summed E-state index contributed by atoms with van der Waals surface area (Å²) in [5.41, 5.74) is 5.58. The van der Waals surface area contributed by atoms with E-state index in [-0.39, 0.29) is 11.8 Å². The molecule has 0 unspecified atom stereocenters. The van der Waals surface area contributed by atoms with Gasteiger partial charge in [0.15, 0.2) is 11.6 Å². The van der Waals surface area contributed by atoms with Gasteiger partial charge in [0.2, 0.25) is 21.6 Å². The molecule has 0 atom stereocenters. The minimum Gasteiger partial charge on any atom is -0.437 e. The normalized spacial score (nSPS) is 11.7. The number of unbranched alkanes of at least 4 members (excludes halogenated alkanes) is 35. The Hall–Kier alpha value is -1.56. The number of nitrogens with one attached hydrogen (secondary N) is 1. The zero-order valence-corrected chi connectivity index (χ0v) is 57.2. The number of carbonyl (C=O) groups excluding carboxylic acids is 3. The second kappa shape index (κ2) is 61.0. The standard InChI is InChI=1S/C65H136B6N8O7/c1-68(83)74(5)52-46-58-78(70(3)85)56-44-42-54-76(64(66)81)60-62(61-77(65(67)82)55-43-45-57-79(71(4)86)59-47-53-75(6)69(2)84)48-38-35-37-41-51-73-63(80)49-39-34-32-30-28-26-24-22-20-18-16-14-12-10-8-7-9-11-13-15-17-19-21-23-25-27-29-31-33-36-40-50-72/h62,83-86H,7-61,72H2,1-6H3,(H,73,80). The van der Waals surface area contributed by atoms with Gasteiger partial charge < -0.3 is 60.2 Å². The van der Waals surface area contributed by atoms with Gasteiger partial charge in [-0.1, -0.05) is 205 Å². The molecule has 0 aromatic heterocycles. The van der Waals surface area contributed by atoms with Crippen LogP contribution < -0.4 is 11.1 Å². The van der Waals surface area contributed by atoms with E-state index in [1.807, 2.05) is 33.3 Å². The van der Waals surface area contributed by atoms with Crippen LogP contribution in [0, 0.1) is 5.92 Å². The van der Waals surface area contributed by atoms with Crippen LogP contribution in [0.15, 0.2) is 0 Å². The fourth-order valence-electron chi connectivity index (χ4n) is 11.9. The van der Waals surface area contributed by atoms with E-state index < -0.39 is 39.8 Å². The Bertz CT molecular complexity index is 1460. The highest BCUT2D eigenvalue weighted by Gasteiger charge is 2.23. The molecule has 86 heavy (non-hydrogen) atoms. The lowest BCUT2D eigenvalue weighted by Gasteiger charge is -2.32. The van der Waals surface area contributed by atoms with Crippen molar-refractivity contribution in [1.29, 1.82) is 0 Å². The smallest absolute Gasteiger partial charge is 0.376 e. The predicted molar refractivity (Wildman–Crippen MR) is 373 cm³/mol. The van der Waals surface area contributed by atoms with Gasteiger partial charge in [0, 0.05) is 39.1 Å². The van der Waals surface area contributed by atoms with Gasteiger partial charge in [-0.25, -0.2) is 0 Å². The summed E-state index contributed by atoms with van der Waals surface area (Å²) in [5, 5.41) is 43.7. The van der Waals surface area contributed by atoms with Crippen LogP contribution in [-0.4, -0.2) is 203 Å². The van der Waals surface area contributed by atoms with Crippen molar-refractivity contribution in [1.82, 2.24) is 34.4 Å². The van der Waals surface area contributed by atoms with E-state index in [2.05, 4.69) is 5.32 Å².